The van der Waals surface area contributed by atoms with Crippen LogP contribution in [0.3, 0.4) is 0 Å². The van der Waals surface area contributed by atoms with E-state index in [0.717, 1.165) is 18.4 Å². The Morgan fingerprint density at radius 3 is 2.90 bits per heavy atom. The number of nitrogens with one attached hydrogen (secondary N) is 1. The summed E-state index contributed by atoms with van der Waals surface area (Å²) in [6.45, 7) is 1.77. The summed E-state index contributed by atoms with van der Waals surface area (Å²) in [6.07, 6.45) is 3.58. The Hall–Kier alpha value is -2.18. The third kappa shape index (κ3) is 3.04. The van der Waals surface area contributed by atoms with Crippen molar-refractivity contribution in [2.24, 2.45) is 5.92 Å². The molecule has 1 aromatic rings. The zero-order valence-electron chi connectivity index (χ0n) is 11.5. The molecule has 1 heterocycles. The Kier molecular flexibility index (Phi) is 4.16. The molecule has 2 rings (SSSR count). The van der Waals surface area contributed by atoms with Crippen LogP contribution < -0.4 is 5.32 Å². The van der Waals surface area contributed by atoms with E-state index in [1.54, 1.807) is 6.92 Å². The van der Waals surface area contributed by atoms with E-state index in [-0.39, 0.29) is 23.6 Å². The van der Waals surface area contributed by atoms with Gasteiger partial charge in [0.1, 0.15) is 12.0 Å². The molecule has 1 saturated carbocycles. The Bertz CT molecular complexity index is 532. The molecule has 0 bridgehead atoms. The fraction of sp³-hybridized carbons (Fsp3) is 0.538. The first-order chi connectivity index (χ1) is 9.51. The van der Waals surface area contributed by atoms with Gasteiger partial charge >= 0.3 is 5.97 Å². The predicted molar refractivity (Wildman–Crippen MR) is 72.4 cm³/mol. The molecule has 1 N–H and O–H groups in total. The van der Waals surface area contributed by atoms with Crippen molar-refractivity contribution in [3.05, 3.63) is 27.9 Å². The Morgan fingerprint density at radius 2 is 2.30 bits per heavy atom. The normalized spacial score (nSPS) is 21.5. The maximum Gasteiger partial charge on any atom is 0.308 e. The van der Waals surface area contributed by atoms with Crippen LogP contribution in [0, 0.1) is 23.0 Å². The zero-order chi connectivity index (χ0) is 14.7. The molecule has 1 aliphatic rings. The van der Waals surface area contributed by atoms with Crippen LogP contribution in [0.15, 0.2) is 12.3 Å². The van der Waals surface area contributed by atoms with E-state index in [4.69, 9.17) is 4.74 Å². The molecule has 108 valence electrons. The van der Waals surface area contributed by atoms with Crippen molar-refractivity contribution < 1.29 is 14.5 Å². The van der Waals surface area contributed by atoms with Crippen LogP contribution in [0.1, 0.15) is 24.8 Å². The lowest BCUT2D eigenvalue weighted by Crippen LogP contribution is -2.20. The van der Waals surface area contributed by atoms with Gasteiger partial charge in [-0.1, -0.05) is 0 Å². The van der Waals surface area contributed by atoms with Crippen molar-refractivity contribution in [3.8, 4) is 0 Å². The average Bonchev–Trinajstić information content (AvgIpc) is 2.88. The number of anilines is 1. The molecule has 0 unspecified atom stereocenters. The van der Waals surface area contributed by atoms with Crippen LogP contribution in [0.25, 0.3) is 0 Å². The van der Waals surface area contributed by atoms with Crippen LogP contribution in [-0.4, -0.2) is 29.0 Å². The van der Waals surface area contributed by atoms with Crippen LogP contribution in [-0.2, 0) is 9.53 Å². The molecule has 7 heteroatoms. The van der Waals surface area contributed by atoms with Gasteiger partial charge in [-0.05, 0) is 31.7 Å². The van der Waals surface area contributed by atoms with Gasteiger partial charge in [-0.3, -0.25) is 14.9 Å². The van der Waals surface area contributed by atoms with Crippen LogP contribution in [0.2, 0.25) is 0 Å². The minimum atomic E-state index is -0.466. The number of aromatic nitrogens is 1. The van der Waals surface area contributed by atoms with E-state index in [2.05, 4.69) is 10.3 Å². The first-order valence-electron chi connectivity index (χ1n) is 6.46. The summed E-state index contributed by atoms with van der Waals surface area (Å²) in [5.74, 6) is 0.379. The number of methoxy groups -OCH3 is 1. The van der Waals surface area contributed by atoms with Gasteiger partial charge in [0.25, 0.3) is 5.69 Å². The molecular weight excluding hydrogens is 262 g/mol. The second-order valence-electron chi connectivity index (χ2n) is 4.99. The lowest BCUT2D eigenvalue weighted by molar-refractivity contribution is -0.385. The molecule has 0 aliphatic heterocycles. The highest BCUT2D eigenvalue weighted by molar-refractivity contribution is 5.72. The fourth-order valence-electron chi connectivity index (χ4n) is 2.50. The molecule has 20 heavy (non-hydrogen) atoms. The first kappa shape index (κ1) is 14.2. The second kappa shape index (κ2) is 5.85. The fourth-order valence-corrected chi connectivity index (χ4v) is 2.50. The van der Waals surface area contributed by atoms with Crippen LogP contribution in [0.4, 0.5) is 11.5 Å². The predicted octanol–water partition coefficient (Wildman–Crippen LogP) is 2.05. The van der Waals surface area contributed by atoms with Gasteiger partial charge in [-0.15, -0.1) is 0 Å². The first-order valence-corrected chi connectivity index (χ1v) is 6.46. The second-order valence-corrected chi connectivity index (χ2v) is 4.99. The molecule has 1 fully saturated rings. The van der Waals surface area contributed by atoms with E-state index >= 15 is 0 Å². The molecule has 1 aromatic heterocycles. The van der Waals surface area contributed by atoms with E-state index < -0.39 is 4.92 Å². The van der Waals surface area contributed by atoms with Gasteiger partial charge in [0.2, 0.25) is 0 Å². The molecule has 0 amide bonds. The van der Waals surface area contributed by atoms with Crippen LogP contribution >= 0.6 is 0 Å². The Morgan fingerprint density at radius 1 is 1.55 bits per heavy atom. The highest BCUT2D eigenvalue weighted by atomic mass is 16.6. The number of ether oxygens (including phenoxy) is 1. The molecule has 7 nitrogen and oxygen atoms in total. The molecule has 1 aliphatic carbocycles. The van der Waals surface area contributed by atoms with Gasteiger partial charge in [0.05, 0.1) is 18.0 Å². The van der Waals surface area contributed by atoms with Crippen molar-refractivity contribution in [1.82, 2.24) is 4.98 Å². The van der Waals surface area contributed by atoms with Gasteiger partial charge < -0.3 is 10.1 Å². The molecule has 0 spiro atoms. The smallest absolute Gasteiger partial charge is 0.308 e. The van der Waals surface area contributed by atoms with Crippen LogP contribution in [0.5, 0.6) is 0 Å². The monoisotopic (exact) mass is 279 g/mol. The third-order valence-electron chi connectivity index (χ3n) is 3.58. The quantitative estimate of drug-likeness (QED) is 0.515. The number of rotatable bonds is 4. The number of aryl methyl sites for hydroxylation is 1. The highest BCUT2D eigenvalue weighted by Gasteiger charge is 2.31. The highest BCUT2D eigenvalue weighted by Crippen LogP contribution is 2.29. The number of carbonyl (C=O) groups is 1. The van der Waals surface area contributed by atoms with Gasteiger partial charge in [-0.25, -0.2) is 4.98 Å². The maximum atomic E-state index is 11.5. The summed E-state index contributed by atoms with van der Waals surface area (Å²) < 4.78 is 4.74. The summed E-state index contributed by atoms with van der Waals surface area (Å²) in [5, 5.41) is 13.9. The SMILES string of the molecule is COC(=O)[C@H]1CC[C@@H](Nc2ncc([N+](=O)[O-])cc2C)C1. The van der Waals surface area contributed by atoms with E-state index in [1.807, 2.05) is 0 Å². The summed E-state index contributed by atoms with van der Waals surface area (Å²) in [7, 11) is 1.39. The molecular formula is C13H17N3O4. The van der Waals surface area contributed by atoms with Gasteiger partial charge in [-0.2, -0.15) is 0 Å². The molecule has 2 atom stereocenters. The topological polar surface area (TPSA) is 94.4 Å². The summed E-state index contributed by atoms with van der Waals surface area (Å²) >= 11 is 0. The standard InChI is InChI=1S/C13H17N3O4/c1-8-5-11(16(18)19)7-14-12(8)15-10-4-3-9(6-10)13(17)20-2/h5,7,9-10H,3-4,6H2,1-2H3,(H,14,15)/t9-,10+/m0/s1. The number of hydrogen-bond acceptors (Lipinski definition) is 6. The summed E-state index contributed by atoms with van der Waals surface area (Å²) in [6, 6.07) is 1.63. The molecule has 0 aromatic carbocycles. The molecule has 0 radical (unpaired) electrons. The summed E-state index contributed by atoms with van der Waals surface area (Å²) in [4.78, 5) is 25.7. The van der Waals surface area contributed by atoms with E-state index in [0.29, 0.717) is 12.2 Å². The zero-order valence-corrected chi connectivity index (χ0v) is 11.5. The van der Waals surface area contributed by atoms with Crippen molar-refractivity contribution in [1.29, 1.82) is 0 Å². The van der Waals surface area contributed by atoms with E-state index in [1.165, 1.54) is 19.4 Å². The Balaban J connectivity index is 2.01. The Labute approximate surface area is 116 Å². The maximum absolute atomic E-state index is 11.5. The number of carbonyl (C=O) groups excluding carboxylic acids is 1. The van der Waals surface area contributed by atoms with Crippen molar-refractivity contribution in [3.63, 3.8) is 0 Å². The minimum absolute atomic E-state index is 0.0214. The molecule has 0 saturated heterocycles. The number of nitro groups is 1. The number of pyridine rings is 1. The summed E-state index contributed by atoms with van der Waals surface area (Å²) in [5.41, 5.74) is 0.702. The van der Waals surface area contributed by atoms with Gasteiger partial charge in [0.15, 0.2) is 0 Å². The van der Waals surface area contributed by atoms with Gasteiger partial charge in [0, 0.05) is 12.1 Å². The average molecular weight is 279 g/mol. The van der Waals surface area contributed by atoms with E-state index in [9.17, 15) is 14.9 Å². The lowest BCUT2D eigenvalue weighted by atomic mass is 10.1. The lowest BCUT2D eigenvalue weighted by Gasteiger charge is -2.15. The minimum Gasteiger partial charge on any atom is -0.469 e. The third-order valence-corrected chi connectivity index (χ3v) is 3.58. The van der Waals surface area contributed by atoms with Crippen molar-refractivity contribution in [2.45, 2.75) is 32.2 Å². The number of esters is 1. The number of hydrogen-bond donors (Lipinski definition) is 1. The largest absolute Gasteiger partial charge is 0.469 e. The van der Waals surface area contributed by atoms with Crippen molar-refractivity contribution in [2.75, 3.05) is 12.4 Å². The number of nitrogens with zero attached hydrogens (tertiary/aromatic N) is 2. The van der Waals surface area contributed by atoms with Crippen molar-refractivity contribution >= 4 is 17.5 Å².